The molecule has 1 fully saturated rings. The van der Waals surface area contributed by atoms with Crippen LogP contribution in [0, 0.1) is 15.9 Å². The third-order valence-corrected chi connectivity index (χ3v) is 10.3. The quantitative estimate of drug-likeness (QED) is 0.0894. The first kappa shape index (κ1) is 34.2. The number of nitrogens with zero attached hydrogens (tertiary/aromatic N) is 3. The number of nitro benzene ring substituents is 1. The molecule has 0 bridgehead atoms. The van der Waals surface area contributed by atoms with Crippen molar-refractivity contribution in [2.24, 2.45) is 0 Å². The van der Waals surface area contributed by atoms with Gasteiger partial charge in [-0.05, 0) is 94.2 Å². The Morgan fingerprint density at radius 1 is 1.07 bits per heavy atom. The molecule has 0 aromatic heterocycles. The number of benzene rings is 3. The molecule has 0 radical (unpaired) electrons. The number of unbranched alkanes of at least 4 members (excludes halogenated alkanes) is 1. The summed E-state index contributed by atoms with van der Waals surface area (Å²) in [5.41, 5.74) is 0.812. The minimum atomic E-state index is -4.38. The molecule has 3 aromatic carbocycles. The SMILES string of the molecule is CN(C)CCCC[C@H](CSc1ccccc1)Nc1ccc(S(=O)(=O)NC(=O)N2CCC(c3ccc(F)cc3)CC2)cc1[N+](=O)[O-]. The van der Waals surface area contributed by atoms with E-state index in [0.717, 1.165) is 42.3 Å². The van der Waals surface area contributed by atoms with Crippen LogP contribution in [0.25, 0.3) is 0 Å². The lowest BCUT2D eigenvalue weighted by atomic mass is 9.89. The van der Waals surface area contributed by atoms with E-state index in [1.165, 1.54) is 29.2 Å². The second-order valence-corrected chi connectivity index (χ2v) is 14.2. The second kappa shape index (κ2) is 16.1. The maximum atomic E-state index is 13.3. The normalized spacial score (nSPS) is 14.7. The van der Waals surface area contributed by atoms with Crippen molar-refractivity contribution in [3.63, 3.8) is 0 Å². The van der Waals surface area contributed by atoms with Crippen molar-refractivity contribution in [1.82, 2.24) is 14.5 Å². The molecule has 10 nitrogen and oxygen atoms in total. The number of sulfonamides is 1. The highest BCUT2D eigenvalue weighted by atomic mass is 32.2. The maximum Gasteiger partial charge on any atom is 0.331 e. The van der Waals surface area contributed by atoms with Crippen molar-refractivity contribution >= 4 is 39.2 Å². The van der Waals surface area contributed by atoms with Crippen LogP contribution >= 0.6 is 11.8 Å². The van der Waals surface area contributed by atoms with E-state index < -0.39 is 21.0 Å². The highest BCUT2D eigenvalue weighted by molar-refractivity contribution is 7.99. The van der Waals surface area contributed by atoms with Crippen LogP contribution in [0.4, 0.5) is 20.6 Å². The van der Waals surface area contributed by atoms with E-state index in [4.69, 9.17) is 0 Å². The molecule has 1 aliphatic rings. The number of urea groups is 1. The average molecular weight is 658 g/mol. The van der Waals surface area contributed by atoms with E-state index in [9.17, 15) is 27.7 Å². The van der Waals surface area contributed by atoms with Gasteiger partial charge in [0.15, 0.2) is 0 Å². The van der Waals surface area contributed by atoms with Crippen molar-refractivity contribution in [2.45, 2.75) is 53.9 Å². The number of anilines is 1. The Labute approximate surface area is 268 Å². The Bertz CT molecular complexity index is 1530. The number of rotatable bonds is 14. The first-order chi connectivity index (χ1) is 21.5. The first-order valence-electron chi connectivity index (χ1n) is 15.0. The van der Waals surface area contributed by atoms with Gasteiger partial charge in [0.2, 0.25) is 0 Å². The fourth-order valence-electron chi connectivity index (χ4n) is 5.29. The third-order valence-electron chi connectivity index (χ3n) is 7.78. The van der Waals surface area contributed by atoms with Gasteiger partial charge >= 0.3 is 6.03 Å². The smallest absolute Gasteiger partial charge is 0.331 e. The number of halogens is 1. The third kappa shape index (κ3) is 10.2. The number of carbonyl (C=O) groups is 1. The Balaban J connectivity index is 1.42. The van der Waals surface area contributed by atoms with E-state index in [1.54, 1.807) is 23.9 Å². The number of piperidine rings is 1. The van der Waals surface area contributed by atoms with Gasteiger partial charge in [-0.25, -0.2) is 22.3 Å². The average Bonchev–Trinajstić information content (AvgIpc) is 3.02. The molecule has 4 rings (SSSR count). The standard InChI is InChI=1S/C32H40FN5O5S2/c1-36(2)19-7-6-8-27(23-44-28-9-4-3-5-10-28)34-30-16-15-29(22-31(30)38(40)41)45(42,43)35-32(39)37-20-17-25(18-21-37)24-11-13-26(33)14-12-24/h3-5,9-16,22,25,27,34H,6-8,17-21,23H2,1-2H3,(H,35,39)/t27-/m1/s1. The summed E-state index contributed by atoms with van der Waals surface area (Å²) in [7, 11) is -0.348. The van der Waals surface area contributed by atoms with E-state index in [-0.39, 0.29) is 34.0 Å². The predicted molar refractivity (Wildman–Crippen MR) is 176 cm³/mol. The number of likely N-dealkylation sites (tertiary alicyclic amines) is 1. The molecule has 0 unspecified atom stereocenters. The monoisotopic (exact) mass is 657 g/mol. The van der Waals surface area contributed by atoms with Gasteiger partial charge in [0.25, 0.3) is 15.7 Å². The molecule has 3 aromatic rings. The van der Waals surface area contributed by atoms with Gasteiger partial charge in [-0.2, -0.15) is 0 Å². The number of nitro groups is 1. The first-order valence-corrected chi connectivity index (χ1v) is 17.4. The molecule has 0 spiro atoms. The molecule has 2 N–H and O–H groups in total. The molecular formula is C32H40FN5O5S2. The number of thioether (sulfide) groups is 1. The summed E-state index contributed by atoms with van der Waals surface area (Å²) in [6.45, 7) is 1.58. The van der Waals surface area contributed by atoms with Crippen molar-refractivity contribution in [3.05, 3.63) is 94.3 Å². The zero-order valence-corrected chi connectivity index (χ0v) is 27.2. The Hall–Kier alpha value is -3.68. The molecule has 1 aliphatic heterocycles. The van der Waals surface area contributed by atoms with Crippen LogP contribution in [0.15, 0.2) is 82.6 Å². The van der Waals surface area contributed by atoms with Gasteiger partial charge in [-0.1, -0.05) is 36.8 Å². The molecule has 0 aliphatic carbocycles. The largest absolute Gasteiger partial charge is 0.376 e. The second-order valence-electron chi connectivity index (χ2n) is 11.4. The van der Waals surface area contributed by atoms with Crippen LogP contribution in [0.5, 0.6) is 0 Å². The van der Waals surface area contributed by atoms with Crippen molar-refractivity contribution < 1.29 is 22.5 Å². The number of nitrogens with one attached hydrogen (secondary N) is 2. The fourth-order valence-corrected chi connectivity index (χ4v) is 7.27. The van der Waals surface area contributed by atoms with Crippen molar-refractivity contribution in [2.75, 3.05) is 44.8 Å². The molecule has 1 heterocycles. The Morgan fingerprint density at radius 2 is 1.76 bits per heavy atom. The molecule has 45 heavy (non-hydrogen) atoms. The maximum absolute atomic E-state index is 13.3. The summed E-state index contributed by atoms with van der Waals surface area (Å²) in [6.07, 6.45) is 3.87. The topological polar surface area (TPSA) is 125 Å². The molecule has 0 saturated carbocycles. The summed E-state index contributed by atoms with van der Waals surface area (Å²) >= 11 is 1.65. The van der Waals surface area contributed by atoms with E-state index >= 15 is 0 Å². The Morgan fingerprint density at radius 3 is 2.40 bits per heavy atom. The number of carbonyl (C=O) groups excluding carboxylic acids is 1. The van der Waals surface area contributed by atoms with Crippen LogP contribution in [0.2, 0.25) is 0 Å². The molecule has 242 valence electrons. The summed E-state index contributed by atoms with van der Waals surface area (Å²) in [4.78, 5) is 28.6. The van der Waals surface area contributed by atoms with Crippen LogP contribution in [-0.2, 0) is 10.0 Å². The lowest BCUT2D eigenvalue weighted by Gasteiger charge is -2.32. The van der Waals surface area contributed by atoms with Crippen molar-refractivity contribution in [3.8, 4) is 0 Å². The molecular weight excluding hydrogens is 618 g/mol. The highest BCUT2D eigenvalue weighted by Gasteiger charge is 2.29. The van der Waals surface area contributed by atoms with E-state index in [1.807, 2.05) is 44.4 Å². The lowest BCUT2D eigenvalue weighted by Crippen LogP contribution is -2.46. The minimum absolute atomic E-state index is 0.101. The summed E-state index contributed by atoms with van der Waals surface area (Å²) < 4.78 is 41.7. The number of hydrogen-bond acceptors (Lipinski definition) is 8. The number of hydrogen-bond donors (Lipinski definition) is 2. The van der Waals surface area contributed by atoms with Crippen LogP contribution in [0.3, 0.4) is 0 Å². The van der Waals surface area contributed by atoms with Crippen molar-refractivity contribution in [1.29, 1.82) is 0 Å². The predicted octanol–water partition coefficient (Wildman–Crippen LogP) is 6.32. The molecule has 2 amide bonds. The summed E-state index contributed by atoms with van der Waals surface area (Å²) in [6, 6.07) is 18.9. The van der Waals surface area contributed by atoms with Crippen LogP contribution in [-0.4, -0.2) is 74.7 Å². The highest BCUT2D eigenvalue weighted by Crippen LogP contribution is 2.31. The molecule has 1 saturated heterocycles. The van der Waals surface area contributed by atoms with Crippen LogP contribution < -0.4 is 10.0 Å². The number of amides is 2. The molecule has 13 heteroatoms. The summed E-state index contributed by atoms with van der Waals surface area (Å²) in [5, 5.41) is 15.4. The summed E-state index contributed by atoms with van der Waals surface area (Å²) in [5.74, 6) is 0.482. The van der Waals surface area contributed by atoms with Gasteiger partial charge in [-0.15, -0.1) is 11.8 Å². The van der Waals surface area contributed by atoms with Gasteiger partial charge < -0.3 is 15.1 Å². The Kier molecular flexibility index (Phi) is 12.2. The van der Waals surface area contributed by atoms with Gasteiger partial charge in [0.1, 0.15) is 11.5 Å². The fraction of sp³-hybridized carbons (Fsp3) is 0.406. The van der Waals surface area contributed by atoms with E-state index in [2.05, 4.69) is 14.9 Å². The lowest BCUT2D eigenvalue weighted by molar-refractivity contribution is -0.384. The van der Waals surface area contributed by atoms with Gasteiger partial charge in [-0.3, -0.25) is 10.1 Å². The van der Waals surface area contributed by atoms with E-state index in [0.29, 0.717) is 31.7 Å². The minimum Gasteiger partial charge on any atom is -0.376 e. The zero-order chi connectivity index (χ0) is 32.4. The van der Waals surface area contributed by atoms with Gasteiger partial charge in [0, 0.05) is 35.8 Å². The zero-order valence-electron chi connectivity index (χ0n) is 25.5. The molecule has 1 atom stereocenters. The van der Waals surface area contributed by atoms with Gasteiger partial charge in [0.05, 0.1) is 9.82 Å². The van der Waals surface area contributed by atoms with Crippen LogP contribution in [0.1, 0.15) is 43.6 Å².